The molecule has 3 rings (SSSR count). The fourth-order valence-corrected chi connectivity index (χ4v) is 4.20. The van der Waals surface area contributed by atoms with Gasteiger partial charge in [-0.15, -0.1) is 0 Å². The van der Waals surface area contributed by atoms with Gasteiger partial charge < -0.3 is 10.6 Å². The van der Waals surface area contributed by atoms with Crippen molar-refractivity contribution in [3.8, 4) is 12.1 Å². The smallest absolute Gasteiger partial charge is 0.332 e. The summed E-state index contributed by atoms with van der Waals surface area (Å²) in [7, 11) is 0. The lowest BCUT2D eigenvalue weighted by Gasteiger charge is -2.16. The van der Waals surface area contributed by atoms with Crippen molar-refractivity contribution in [2.45, 2.75) is 39.8 Å². The quantitative estimate of drug-likeness (QED) is 0.448. The summed E-state index contributed by atoms with van der Waals surface area (Å²) < 4.78 is 2.38. The molecule has 1 heterocycles. The molecule has 1 aromatic heterocycles. The number of nitrogens with one attached hydrogen (secondary N) is 2. The van der Waals surface area contributed by atoms with Gasteiger partial charge in [0.2, 0.25) is 5.91 Å². The predicted molar refractivity (Wildman–Crippen MR) is 140 cm³/mol. The van der Waals surface area contributed by atoms with Gasteiger partial charge in [-0.3, -0.25) is 14.2 Å². The number of anilines is 2. The first-order valence-corrected chi connectivity index (χ1v) is 11.6. The van der Waals surface area contributed by atoms with Crippen LogP contribution in [0.3, 0.4) is 0 Å². The third-order valence-electron chi connectivity index (χ3n) is 5.59. The van der Waals surface area contributed by atoms with Crippen molar-refractivity contribution in [1.29, 1.82) is 10.5 Å². The Morgan fingerprint density at radius 2 is 1.78 bits per heavy atom. The molecule has 0 aliphatic rings. The fraction of sp³-hybridized carbons (Fsp3) is 0.269. The van der Waals surface area contributed by atoms with E-state index in [1.54, 1.807) is 37.3 Å². The average Bonchev–Trinajstić information content (AvgIpc) is 2.82. The molecule has 0 saturated heterocycles. The predicted octanol–water partition coefficient (Wildman–Crippen LogP) is 4.21. The summed E-state index contributed by atoms with van der Waals surface area (Å²) in [4.78, 5) is 37.8. The largest absolute Gasteiger partial charge is 0.359 e. The number of carbonyl (C=O) groups excluding carboxylic acids is 1. The number of aromatic nitrogens is 2. The summed E-state index contributed by atoms with van der Waals surface area (Å²) in [5.74, 6) is -0.241. The Morgan fingerprint density at radius 1 is 1.08 bits per heavy atom. The Labute approximate surface area is 212 Å². The first-order chi connectivity index (χ1) is 17.2. The minimum atomic E-state index is -0.525. The van der Waals surface area contributed by atoms with E-state index in [0.29, 0.717) is 46.5 Å². The fourth-order valence-electron chi connectivity index (χ4n) is 3.98. The van der Waals surface area contributed by atoms with Crippen molar-refractivity contribution >= 4 is 39.8 Å². The van der Waals surface area contributed by atoms with E-state index >= 15 is 0 Å². The Morgan fingerprint density at radius 3 is 2.42 bits per heavy atom. The van der Waals surface area contributed by atoms with Crippen LogP contribution in [-0.2, 0) is 17.9 Å². The topological polar surface area (TPSA) is 133 Å². The van der Waals surface area contributed by atoms with Crippen LogP contribution in [0, 0.1) is 28.6 Å². The molecule has 3 aromatic rings. The summed E-state index contributed by atoms with van der Waals surface area (Å²) in [5.41, 5.74) is 1.56. The van der Waals surface area contributed by atoms with Gasteiger partial charge >= 0.3 is 5.69 Å². The summed E-state index contributed by atoms with van der Waals surface area (Å²) in [6.07, 6.45) is 0.727. The molecule has 0 radical (unpaired) electrons. The molecule has 0 bridgehead atoms. The van der Waals surface area contributed by atoms with Crippen molar-refractivity contribution in [3.05, 3.63) is 80.1 Å². The van der Waals surface area contributed by atoms with Gasteiger partial charge in [0.25, 0.3) is 5.56 Å². The molecule has 1 amide bonds. The Balaban J connectivity index is 1.68. The Hall–Kier alpha value is -4.34. The number of allylic oxidation sites excluding steroid dienone is 1. The first-order valence-electron chi connectivity index (χ1n) is 11.3. The first kappa shape index (κ1) is 26.3. The maximum Gasteiger partial charge on any atom is 0.332 e. The monoisotopic (exact) mass is 504 g/mol. The molecule has 2 aromatic carbocycles. The minimum absolute atomic E-state index is 0.0440. The van der Waals surface area contributed by atoms with E-state index in [9.17, 15) is 14.4 Å². The van der Waals surface area contributed by atoms with Crippen LogP contribution in [0.5, 0.6) is 0 Å². The van der Waals surface area contributed by atoms with Gasteiger partial charge in [-0.2, -0.15) is 10.5 Å². The SMILES string of the molecule is C=C(CC(C)CC(=O)Nc1ccc(C#N)c(Cl)c1)Nc1ccc2c(c1)c(=O)n(CC#N)c(=O)n2CC. The van der Waals surface area contributed by atoms with Crippen LogP contribution < -0.4 is 21.9 Å². The third-order valence-corrected chi connectivity index (χ3v) is 5.91. The zero-order valence-corrected chi connectivity index (χ0v) is 20.7. The molecule has 0 fully saturated rings. The van der Waals surface area contributed by atoms with E-state index in [2.05, 4.69) is 17.2 Å². The molecule has 184 valence electrons. The number of halogens is 1. The number of fused-ring (bicyclic) bond motifs is 1. The number of benzene rings is 2. The van der Waals surface area contributed by atoms with Crippen LogP contribution in [0.15, 0.2) is 58.3 Å². The molecule has 36 heavy (non-hydrogen) atoms. The molecule has 0 saturated carbocycles. The number of amides is 1. The van der Waals surface area contributed by atoms with Gasteiger partial charge in [-0.05, 0) is 55.7 Å². The molecular formula is C26H25ClN6O3. The summed E-state index contributed by atoms with van der Waals surface area (Å²) >= 11 is 6.01. The Bertz CT molecular complexity index is 1540. The molecule has 1 unspecified atom stereocenters. The second-order valence-corrected chi connectivity index (χ2v) is 8.81. The van der Waals surface area contributed by atoms with E-state index in [4.69, 9.17) is 22.1 Å². The lowest BCUT2D eigenvalue weighted by Crippen LogP contribution is -2.39. The van der Waals surface area contributed by atoms with Gasteiger partial charge in [-0.1, -0.05) is 25.1 Å². The van der Waals surface area contributed by atoms with Crippen molar-refractivity contribution in [1.82, 2.24) is 9.13 Å². The standard InChI is InChI=1S/C26H25ClN6O3/c1-4-32-23-8-7-19(13-21(23)25(35)33(10-9-28)26(32)36)30-17(3)11-16(2)12-24(34)31-20-6-5-18(15-29)22(27)14-20/h5-8,13-14,16,30H,3-4,10-12H2,1-2H3,(H,31,34). The highest BCUT2D eigenvalue weighted by atomic mass is 35.5. The lowest BCUT2D eigenvalue weighted by molar-refractivity contribution is -0.116. The highest BCUT2D eigenvalue weighted by molar-refractivity contribution is 6.32. The number of hydrogen-bond acceptors (Lipinski definition) is 6. The molecule has 1 atom stereocenters. The maximum absolute atomic E-state index is 12.8. The van der Waals surface area contributed by atoms with Crippen molar-refractivity contribution in [3.63, 3.8) is 0 Å². The molecule has 0 aliphatic carbocycles. The summed E-state index contributed by atoms with van der Waals surface area (Å²) in [5, 5.41) is 24.5. The maximum atomic E-state index is 12.8. The number of aryl methyl sites for hydroxylation is 1. The van der Waals surface area contributed by atoms with Crippen LogP contribution >= 0.6 is 11.6 Å². The summed E-state index contributed by atoms with van der Waals surface area (Å²) in [6, 6.07) is 13.6. The normalized spacial score (nSPS) is 11.4. The number of rotatable bonds is 9. The van der Waals surface area contributed by atoms with E-state index in [-0.39, 0.29) is 29.8 Å². The zero-order chi connectivity index (χ0) is 26.4. The molecular weight excluding hydrogens is 480 g/mol. The van der Waals surface area contributed by atoms with Gasteiger partial charge in [0.1, 0.15) is 12.6 Å². The van der Waals surface area contributed by atoms with Crippen LogP contribution in [-0.4, -0.2) is 15.0 Å². The highest BCUT2D eigenvalue weighted by Crippen LogP contribution is 2.23. The van der Waals surface area contributed by atoms with E-state index in [1.807, 2.05) is 19.1 Å². The third kappa shape index (κ3) is 5.83. The van der Waals surface area contributed by atoms with Crippen LogP contribution in [0.1, 0.15) is 32.3 Å². The van der Waals surface area contributed by atoms with Gasteiger partial charge in [0.05, 0.1) is 27.6 Å². The molecule has 10 heteroatoms. The summed E-state index contributed by atoms with van der Waals surface area (Å²) in [6.45, 7) is 7.78. The van der Waals surface area contributed by atoms with Crippen LogP contribution in [0.2, 0.25) is 5.02 Å². The number of nitrogens with zero attached hydrogens (tertiary/aromatic N) is 4. The molecule has 2 N–H and O–H groups in total. The molecule has 0 spiro atoms. The van der Waals surface area contributed by atoms with E-state index < -0.39 is 11.2 Å². The Kier molecular flexibility index (Phi) is 8.31. The van der Waals surface area contributed by atoms with Gasteiger partial charge in [-0.25, -0.2) is 9.36 Å². The van der Waals surface area contributed by atoms with Crippen molar-refractivity contribution in [2.75, 3.05) is 10.6 Å². The highest BCUT2D eigenvalue weighted by Gasteiger charge is 2.15. The lowest BCUT2D eigenvalue weighted by atomic mass is 10.0. The van der Waals surface area contributed by atoms with Crippen LogP contribution in [0.25, 0.3) is 10.9 Å². The second kappa shape index (κ2) is 11.4. The van der Waals surface area contributed by atoms with Gasteiger partial charge in [0.15, 0.2) is 0 Å². The number of hydrogen-bond donors (Lipinski definition) is 2. The minimum Gasteiger partial charge on any atom is -0.359 e. The van der Waals surface area contributed by atoms with Gasteiger partial charge in [0, 0.05) is 30.0 Å². The molecule has 9 nitrogen and oxygen atoms in total. The number of nitriles is 2. The van der Waals surface area contributed by atoms with E-state index in [0.717, 1.165) is 4.57 Å². The second-order valence-electron chi connectivity index (χ2n) is 8.40. The van der Waals surface area contributed by atoms with Crippen molar-refractivity contribution in [2.24, 2.45) is 5.92 Å². The molecule has 0 aliphatic heterocycles. The average molecular weight is 505 g/mol. The zero-order valence-electron chi connectivity index (χ0n) is 20.0. The van der Waals surface area contributed by atoms with Crippen LogP contribution in [0.4, 0.5) is 11.4 Å². The number of carbonyl (C=O) groups is 1. The van der Waals surface area contributed by atoms with Crippen molar-refractivity contribution < 1.29 is 4.79 Å². The van der Waals surface area contributed by atoms with E-state index in [1.165, 1.54) is 10.6 Å².